The van der Waals surface area contributed by atoms with Gasteiger partial charge in [0.1, 0.15) is 0 Å². The van der Waals surface area contributed by atoms with Crippen molar-refractivity contribution in [1.29, 1.82) is 0 Å². The van der Waals surface area contributed by atoms with Gasteiger partial charge in [0.25, 0.3) is 0 Å². The zero-order chi connectivity index (χ0) is 33.0. The zero-order valence-corrected chi connectivity index (χ0v) is 28.2. The van der Waals surface area contributed by atoms with Crippen LogP contribution in [0.2, 0.25) is 0 Å². The normalized spacial score (nSPS) is 10.1. The second-order valence-corrected chi connectivity index (χ2v) is 10.2. The average Bonchev–Trinajstić information content (AvgIpc) is 3.86. The van der Waals surface area contributed by atoms with Crippen LogP contribution in [-0.2, 0) is 20.1 Å². The van der Waals surface area contributed by atoms with Crippen LogP contribution in [0.5, 0.6) is 0 Å². The van der Waals surface area contributed by atoms with Gasteiger partial charge in [-0.3, -0.25) is 23.8 Å². The SMILES string of the molecule is Fc1c[c-]c(-c2ccccn2)c(F)c1.[Ir].c1ccc(-c2cc(-c3ccccn3)[n-]n2)cc1.c1ccc(-c2cc(-c3ccccn3)[nH]n2)cc1. The summed E-state index contributed by atoms with van der Waals surface area (Å²) in [6.45, 7) is 0. The summed E-state index contributed by atoms with van der Waals surface area (Å²) in [6, 6.07) is 45.2. The van der Waals surface area contributed by atoms with Gasteiger partial charge in [-0.25, -0.2) is 0 Å². The van der Waals surface area contributed by atoms with Crippen molar-refractivity contribution in [3.8, 4) is 56.5 Å². The molecule has 5 heterocycles. The van der Waals surface area contributed by atoms with E-state index in [-0.39, 0.29) is 25.7 Å². The molecule has 5 aromatic heterocycles. The van der Waals surface area contributed by atoms with E-state index in [0.717, 1.165) is 57.4 Å². The molecule has 3 aromatic carbocycles. The molecule has 0 aliphatic carbocycles. The summed E-state index contributed by atoms with van der Waals surface area (Å²) in [5.41, 5.74) is 8.13. The number of aromatic nitrogens is 7. The van der Waals surface area contributed by atoms with E-state index >= 15 is 0 Å². The molecule has 0 spiro atoms. The van der Waals surface area contributed by atoms with Gasteiger partial charge < -0.3 is 15.2 Å². The quantitative estimate of drug-likeness (QED) is 0.175. The van der Waals surface area contributed by atoms with E-state index in [1.165, 1.54) is 0 Å². The van der Waals surface area contributed by atoms with Gasteiger partial charge in [-0.1, -0.05) is 102 Å². The van der Waals surface area contributed by atoms with Crippen LogP contribution >= 0.6 is 0 Å². The Hall–Kier alpha value is -5.96. The Morgan fingerprint density at radius 3 is 1.67 bits per heavy atom. The van der Waals surface area contributed by atoms with Gasteiger partial charge >= 0.3 is 0 Å². The number of halogens is 2. The first-order valence-corrected chi connectivity index (χ1v) is 14.9. The summed E-state index contributed by atoms with van der Waals surface area (Å²) in [5.74, 6) is -1.29. The molecule has 0 saturated carbocycles. The molecule has 0 aliphatic rings. The molecule has 0 bridgehead atoms. The summed E-state index contributed by atoms with van der Waals surface area (Å²) in [5, 5.41) is 15.6. The predicted molar refractivity (Wildman–Crippen MR) is 182 cm³/mol. The molecule has 0 atom stereocenters. The first kappa shape index (κ1) is 34.4. The molecule has 0 amide bonds. The van der Waals surface area contributed by atoms with Crippen molar-refractivity contribution < 1.29 is 28.9 Å². The molecular weight excluding hydrogens is 797 g/mol. The molecular formula is C39H27F2IrN7-2. The zero-order valence-electron chi connectivity index (χ0n) is 25.8. The summed E-state index contributed by atoms with van der Waals surface area (Å²) >= 11 is 0. The van der Waals surface area contributed by atoms with E-state index in [1.807, 2.05) is 109 Å². The fraction of sp³-hybridized carbons (Fsp3) is 0. The van der Waals surface area contributed by atoms with Crippen molar-refractivity contribution in [1.82, 2.24) is 35.3 Å². The smallest absolute Gasteiger partial charge is 0.0927 e. The van der Waals surface area contributed by atoms with Crippen molar-refractivity contribution in [3.05, 3.63) is 176 Å². The molecule has 0 unspecified atom stereocenters. The van der Waals surface area contributed by atoms with E-state index in [4.69, 9.17) is 0 Å². The minimum atomic E-state index is -0.649. The number of H-pyrrole nitrogens is 1. The second-order valence-electron chi connectivity index (χ2n) is 10.2. The maximum absolute atomic E-state index is 13.2. The summed E-state index contributed by atoms with van der Waals surface area (Å²) in [6.07, 6.45) is 5.08. The van der Waals surface area contributed by atoms with Crippen LogP contribution in [0.4, 0.5) is 8.78 Å². The molecule has 1 N–H and O–H groups in total. The summed E-state index contributed by atoms with van der Waals surface area (Å²) < 4.78 is 25.8. The molecule has 7 nitrogen and oxygen atoms in total. The molecule has 243 valence electrons. The number of benzene rings is 3. The van der Waals surface area contributed by atoms with Crippen molar-refractivity contribution in [2.24, 2.45) is 0 Å². The number of rotatable bonds is 5. The second kappa shape index (κ2) is 17.3. The van der Waals surface area contributed by atoms with Crippen molar-refractivity contribution in [3.63, 3.8) is 0 Å². The minimum Gasteiger partial charge on any atom is -0.573 e. The van der Waals surface area contributed by atoms with E-state index in [1.54, 1.807) is 36.8 Å². The molecule has 0 aliphatic heterocycles. The molecule has 49 heavy (non-hydrogen) atoms. The molecule has 1 radical (unpaired) electrons. The van der Waals surface area contributed by atoms with Crippen LogP contribution in [0.3, 0.4) is 0 Å². The molecule has 0 fully saturated rings. The van der Waals surface area contributed by atoms with Gasteiger partial charge in [0.15, 0.2) is 0 Å². The van der Waals surface area contributed by atoms with E-state index in [9.17, 15) is 8.78 Å². The van der Waals surface area contributed by atoms with E-state index in [0.29, 0.717) is 5.69 Å². The van der Waals surface area contributed by atoms with Gasteiger partial charge in [0, 0.05) is 67.3 Å². The third kappa shape index (κ3) is 9.32. The number of hydrogen-bond acceptors (Lipinski definition) is 5. The fourth-order valence-electron chi connectivity index (χ4n) is 4.57. The molecule has 8 rings (SSSR count). The Kier molecular flexibility index (Phi) is 12.1. The maximum Gasteiger partial charge on any atom is 0.0927 e. The monoisotopic (exact) mass is 824 g/mol. The standard InChI is InChI=1S/C14H11N3.C14H10N3.C11H6F2N.Ir/c2*1-2-6-11(7-3-1)13-10-14(17-16-13)12-8-4-5-9-15-12;12-8-4-5-9(10(13)7-8)11-3-1-2-6-14-11;/h1-10H,(H,16,17);1-10H;1-4,6-7H;/q;2*-1;. The topological polar surface area (TPSA) is 94.3 Å². The number of nitrogens with zero attached hydrogens (tertiary/aromatic N) is 6. The van der Waals surface area contributed by atoms with Crippen molar-refractivity contribution in [2.45, 2.75) is 0 Å². The van der Waals surface area contributed by atoms with Crippen LogP contribution in [0.25, 0.3) is 56.5 Å². The first-order chi connectivity index (χ1) is 23.6. The number of hydrogen-bond donors (Lipinski definition) is 1. The Balaban J connectivity index is 0.000000143. The van der Waals surface area contributed by atoms with E-state index < -0.39 is 11.6 Å². The Morgan fingerprint density at radius 1 is 0.551 bits per heavy atom. The van der Waals surface area contributed by atoms with Crippen LogP contribution in [-0.4, -0.2) is 30.2 Å². The Bertz CT molecular complexity index is 1920. The summed E-state index contributed by atoms with van der Waals surface area (Å²) in [4.78, 5) is 12.5. The number of nitrogens with one attached hydrogen (secondary N) is 1. The largest absolute Gasteiger partial charge is 0.573 e. The molecule has 0 saturated heterocycles. The van der Waals surface area contributed by atoms with Crippen LogP contribution in [0.15, 0.2) is 158 Å². The van der Waals surface area contributed by atoms with Crippen molar-refractivity contribution >= 4 is 0 Å². The van der Waals surface area contributed by atoms with Gasteiger partial charge in [-0.2, -0.15) is 5.10 Å². The van der Waals surface area contributed by atoms with Gasteiger partial charge in [-0.05, 0) is 53.7 Å². The average molecular weight is 824 g/mol. The van der Waals surface area contributed by atoms with Crippen LogP contribution in [0.1, 0.15) is 0 Å². The Labute approximate surface area is 295 Å². The third-order valence-electron chi connectivity index (χ3n) is 6.90. The number of pyridine rings is 3. The number of aromatic amines is 1. The maximum atomic E-state index is 13.2. The van der Waals surface area contributed by atoms with Crippen LogP contribution in [0, 0.1) is 17.7 Å². The third-order valence-corrected chi connectivity index (χ3v) is 6.90. The van der Waals surface area contributed by atoms with Crippen LogP contribution < -0.4 is 5.10 Å². The molecule has 10 heteroatoms. The summed E-state index contributed by atoms with van der Waals surface area (Å²) in [7, 11) is 0. The fourth-order valence-corrected chi connectivity index (χ4v) is 4.57. The first-order valence-electron chi connectivity index (χ1n) is 14.9. The Morgan fingerprint density at radius 2 is 1.10 bits per heavy atom. The van der Waals surface area contributed by atoms with Gasteiger partial charge in [-0.15, -0.1) is 12.1 Å². The molecule has 8 aromatic rings. The predicted octanol–water partition coefficient (Wildman–Crippen LogP) is 8.73. The van der Waals surface area contributed by atoms with Gasteiger partial charge in [0.2, 0.25) is 0 Å². The van der Waals surface area contributed by atoms with Crippen molar-refractivity contribution in [2.75, 3.05) is 0 Å². The minimum absolute atomic E-state index is 0. The van der Waals surface area contributed by atoms with Gasteiger partial charge in [0.05, 0.1) is 17.1 Å². The van der Waals surface area contributed by atoms with E-state index in [2.05, 4.69) is 41.4 Å².